The van der Waals surface area contributed by atoms with E-state index in [1.54, 1.807) is 32.2 Å². The second-order valence-corrected chi connectivity index (χ2v) is 14.9. The molecule has 2 bridgehead atoms. The second kappa shape index (κ2) is 14.7. The number of rotatable bonds is 4. The van der Waals surface area contributed by atoms with Crippen molar-refractivity contribution < 1.29 is 27.4 Å². The number of aryl methyl sites for hydroxylation is 1. The number of nitrogens with one attached hydrogen (secondary N) is 1. The molecule has 1 fully saturated rings. The van der Waals surface area contributed by atoms with E-state index in [0.29, 0.717) is 54.4 Å². The van der Waals surface area contributed by atoms with Gasteiger partial charge in [0.15, 0.2) is 0 Å². The molecule has 0 radical (unpaired) electrons. The van der Waals surface area contributed by atoms with Gasteiger partial charge in [0.1, 0.15) is 12.4 Å². The number of sulfonamides is 1. The molecule has 2 aromatic carbocycles. The van der Waals surface area contributed by atoms with E-state index in [1.165, 1.54) is 5.56 Å². The van der Waals surface area contributed by atoms with Crippen molar-refractivity contribution in [3.8, 4) is 5.75 Å². The quantitative estimate of drug-likeness (QED) is 0.315. The third-order valence-corrected chi connectivity index (χ3v) is 11.7. The van der Waals surface area contributed by atoms with Crippen LogP contribution in [-0.4, -0.2) is 59.1 Å². The lowest BCUT2D eigenvalue weighted by molar-refractivity contribution is -0.0308. The highest BCUT2D eigenvalue weighted by Crippen LogP contribution is 2.42. The molecule has 0 aromatic heterocycles. The lowest BCUT2D eigenvalue weighted by atomic mass is 9.70. The molecule has 8 nitrogen and oxygen atoms in total. The predicted octanol–water partition coefficient (Wildman–Crippen LogP) is 6.16. The number of nitrogens with zero attached hydrogens (tertiary/aromatic N) is 1. The van der Waals surface area contributed by atoms with E-state index in [4.69, 9.17) is 25.8 Å². The number of methoxy groups -OCH3 is 1. The van der Waals surface area contributed by atoms with Gasteiger partial charge in [-0.1, -0.05) is 36.7 Å². The van der Waals surface area contributed by atoms with Crippen LogP contribution in [0.5, 0.6) is 5.75 Å². The maximum absolute atomic E-state index is 13.4. The maximum atomic E-state index is 13.4. The van der Waals surface area contributed by atoms with Gasteiger partial charge in [0.2, 0.25) is 10.0 Å². The Morgan fingerprint density at radius 2 is 1.91 bits per heavy atom. The average Bonchev–Trinajstić information content (AvgIpc) is 3.01. The molecule has 240 valence electrons. The van der Waals surface area contributed by atoms with Gasteiger partial charge in [-0.25, -0.2) is 13.1 Å². The number of ether oxygens (including phenoxy) is 3. The van der Waals surface area contributed by atoms with Gasteiger partial charge in [0, 0.05) is 30.8 Å². The molecule has 2 aliphatic heterocycles. The fourth-order valence-corrected chi connectivity index (χ4v) is 7.89. The van der Waals surface area contributed by atoms with Gasteiger partial charge in [-0.2, -0.15) is 0 Å². The van der Waals surface area contributed by atoms with Gasteiger partial charge in [-0.05, 0) is 105 Å². The van der Waals surface area contributed by atoms with Crippen molar-refractivity contribution in [2.24, 2.45) is 17.8 Å². The summed E-state index contributed by atoms with van der Waals surface area (Å²) in [5.41, 5.74) is 3.37. The minimum atomic E-state index is -3.91. The standard InChI is InChI=1S/C34H45ClN2O6S/c1-23-7-6-9-32(42-18-17-41-3)30-14-11-27(30)21-37-16-5-4-8-25-19-29(35)13-10-28(25)22-43-33-15-12-26(20-31(33)37)34(38)36-44(39,40)24(23)2/h6,9-10,12-13,15,19-20,23-24,27,30,32H,4-5,7-8,11,14,16-18,21-22H2,1-3H3,(H,36,38)/b9-6+/t23-,24+,27-,30+,32-/m0/s1. The van der Waals surface area contributed by atoms with Crippen molar-refractivity contribution in [2.75, 3.05) is 38.3 Å². The van der Waals surface area contributed by atoms with Gasteiger partial charge < -0.3 is 19.1 Å². The van der Waals surface area contributed by atoms with E-state index in [9.17, 15) is 13.2 Å². The van der Waals surface area contributed by atoms with Gasteiger partial charge in [-0.15, -0.1) is 0 Å². The van der Waals surface area contributed by atoms with E-state index in [1.807, 2.05) is 31.2 Å². The van der Waals surface area contributed by atoms with E-state index >= 15 is 0 Å². The van der Waals surface area contributed by atoms with E-state index in [0.717, 1.165) is 56.4 Å². The number of carbonyl (C=O) groups excluding carboxylic acids is 1. The number of halogens is 1. The average molecular weight is 645 g/mol. The SMILES string of the molecule is COCCO[C@H]1/C=C/C[C@H](C)[C@@H](C)S(=O)(=O)NC(=O)c2ccc3c(c2)N(CCCCc2cc(Cl)ccc2CO3)C[C@@H]2CC[C@H]21. The van der Waals surface area contributed by atoms with Crippen molar-refractivity contribution in [3.05, 3.63) is 70.3 Å². The van der Waals surface area contributed by atoms with E-state index < -0.39 is 21.2 Å². The highest BCUT2D eigenvalue weighted by molar-refractivity contribution is 7.90. The molecular weight excluding hydrogens is 600 g/mol. The van der Waals surface area contributed by atoms with Crippen LogP contribution in [0.25, 0.3) is 0 Å². The number of amides is 1. The topological polar surface area (TPSA) is 94.2 Å². The number of fused-ring (bicyclic) bond motifs is 3. The zero-order valence-electron chi connectivity index (χ0n) is 26.0. The summed E-state index contributed by atoms with van der Waals surface area (Å²) in [5, 5.41) is -0.0478. The Morgan fingerprint density at radius 1 is 1.07 bits per heavy atom. The second-order valence-electron chi connectivity index (χ2n) is 12.4. The van der Waals surface area contributed by atoms with Crippen LogP contribution in [0, 0.1) is 17.8 Å². The van der Waals surface area contributed by atoms with Crippen molar-refractivity contribution in [1.29, 1.82) is 0 Å². The lowest BCUT2D eigenvalue weighted by Gasteiger charge is -2.44. The largest absolute Gasteiger partial charge is 0.487 e. The lowest BCUT2D eigenvalue weighted by Crippen LogP contribution is -2.44. The summed E-state index contributed by atoms with van der Waals surface area (Å²) in [5.74, 6) is 0.558. The van der Waals surface area contributed by atoms with Crippen molar-refractivity contribution in [2.45, 2.75) is 70.3 Å². The minimum absolute atomic E-state index is 0.0825. The summed E-state index contributed by atoms with van der Waals surface area (Å²) in [6.07, 6.45) is 9.60. The Balaban J connectivity index is 1.53. The Labute approximate surface area is 267 Å². The molecule has 0 unspecified atom stereocenters. The molecule has 1 N–H and O–H groups in total. The molecule has 2 aromatic rings. The van der Waals surface area contributed by atoms with Crippen molar-refractivity contribution in [3.63, 3.8) is 0 Å². The third-order valence-electron chi connectivity index (χ3n) is 9.55. The van der Waals surface area contributed by atoms with Crippen LogP contribution in [0.2, 0.25) is 5.02 Å². The predicted molar refractivity (Wildman–Crippen MR) is 174 cm³/mol. The molecule has 0 spiro atoms. The molecule has 1 aliphatic carbocycles. The van der Waals surface area contributed by atoms with Gasteiger partial charge in [0.05, 0.1) is 30.3 Å². The minimum Gasteiger partial charge on any atom is -0.487 e. The van der Waals surface area contributed by atoms with Crippen LogP contribution in [0.1, 0.15) is 67.4 Å². The number of anilines is 1. The first-order valence-corrected chi connectivity index (χ1v) is 17.7. The molecule has 1 saturated carbocycles. The fourth-order valence-electron chi connectivity index (χ4n) is 6.41. The van der Waals surface area contributed by atoms with Crippen molar-refractivity contribution >= 4 is 33.2 Å². The van der Waals surface area contributed by atoms with Crippen molar-refractivity contribution in [1.82, 2.24) is 4.72 Å². The molecule has 5 atom stereocenters. The molecule has 10 heteroatoms. The normalized spacial score (nSPS) is 28.2. The van der Waals surface area contributed by atoms with E-state index in [-0.39, 0.29) is 12.0 Å². The monoisotopic (exact) mass is 644 g/mol. The summed E-state index contributed by atoms with van der Waals surface area (Å²) in [7, 11) is -2.24. The number of hydrogen-bond donors (Lipinski definition) is 1. The van der Waals surface area contributed by atoms with E-state index in [2.05, 4.69) is 15.7 Å². The van der Waals surface area contributed by atoms with Gasteiger partial charge in [-0.3, -0.25) is 4.79 Å². The molecule has 3 aliphatic rings. The fraction of sp³-hybridized carbons (Fsp3) is 0.559. The highest BCUT2D eigenvalue weighted by Gasteiger charge is 2.38. The first-order chi connectivity index (χ1) is 21.2. The van der Waals surface area contributed by atoms with Crippen LogP contribution in [0.4, 0.5) is 5.69 Å². The molecule has 1 amide bonds. The van der Waals surface area contributed by atoms with Gasteiger partial charge >= 0.3 is 0 Å². The molecule has 44 heavy (non-hydrogen) atoms. The van der Waals surface area contributed by atoms with Gasteiger partial charge in [0.25, 0.3) is 5.91 Å². The Bertz CT molecular complexity index is 1450. The molecular formula is C34H45ClN2O6S. The smallest absolute Gasteiger partial charge is 0.264 e. The molecule has 0 saturated heterocycles. The Kier molecular flexibility index (Phi) is 10.9. The summed E-state index contributed by atoms with van der Waals surface area (Å²) in [6, 6.07) is 11.2. The first kappa shape index (κ1) is 32.8. The zero-order chi connectivity index (χ0) is 31.3. The summed E-state index contributed by atoms with van der Waals surface area (Å²) in [4.78, 5) is 15.7. The van der Waals surface area contributed by atoms with Crippen LogP contribution in [-0.2, 0) is 32.5 Å². The summed E-state index contributed by atoms with van der Waals surface area (Å²) >= 11 is 6.33. The summed E-state index contributed by atoms with van der Waals surface area (Å²) in [6.45, 7) is 6.50. The van der Waals surface area contributed by atoms with Crippen LogP contribution in [0.15, 0.2) is 48.6 Å². The number of allylic oxidation sites excluding steroid dienone is 1. The third kappa shape index (κ3) is 7.79. The zero-order valence-corrected chi connectivity index (χ0v) is 27.5. The summed E-state index contributed by atoms with van der Waals surface area (Å²) < 4.78 is 46.9. The maximum Gasteiger partial charge on any atom is 0.264 e. The van der Waals surface area contributed by atoms with Crippen LogP contribution in [0.3, 0.4) is 0 Å². The van der Waals surface area contributed by atoms with Crippen LogP contribution >= 0.6 is 11.6 Å². The number of carbonyl (C=O) groups is 1. The number of benzene rings is 2. The highest BCUT2D eigenvalue weighted by atomic mass is 35.5. The number of hydrogen-bond acceptors (Lipinski definition) is 7. The molecule has 2 heterocycles. The van der Waals surface area contributed by atoms with Crippen LogP contribution < -0.4 is 14.4 Å². The Morgan fingerprint density at radius 3 is 2.68 bits per heavy atom. The Hall–Kier alpha value is -2.59. The molecule has 5 rings (SSSR count). The first-order valence-electron chi connectivity index (χ1n) is 15.8.